The summed E-state index contributed by atoms with van der Waals surface area (Å²) in [6.07, 6.45) is -28.9. The molecule has 0 saturated carbocycles. The molecule has 11 aromatic rings. The lowest BCUT2D eigenvalue weighted by Gasteiger charge is -2.45. The van der Waals surface area contributed by atoms with Gasteiger partial charge in [-0.2, -0.15) is 52.7 Å². The second-order valence-corrected chi connectivity index (χ2v) is 34.1. The normalized spacial score (nSPS) is 16.5. The van der Waals surface area contributed by atoms with Gasteiger partial charge >= 0.3 is 39.2 Å². The standard InChI is InChI=1S/C94H83B2F13N4O4/c1-54-23-27-62(28-24-54)81-71-21-17-15-19-69(71)79(110-81)56(3)83-73(52-75(60-35-41-65(42-36-60)86(8,9)10)112(83)95-114-77-48-47-68(97)51-78(77)115-95)59-33-43-66(44-34-59)87(11,12)49-50-88(13,14)67-45-37-61(38-46-67)76-53-74(58-31-39-64(40-32-58)85(5,6)7)84(57(4)80-70-20-16-18-22-72(70)82(111-80)63-29-25-55(2)26-30-63)113(76)96-116-89(91(98,99)100,92(101,102)103)90(117-96,93(104,105)106)94(107,108)109/h15-48,51-53H,49-50H2,1-14H3/b79-56-,80-57-. The first-order valence-electron chi connectivity index (χ1n) is 38.5. The molecule has 600 valence electrons. The Bertz CT molecular complexity index is 5770. The van der Waals surface area contributed by atoms with E-state index in [0.29, 0.717) is 51.0 Å². The summed E-state index contributed by atoms with van der Waals surface area (Å²) in [6, 6.07) is 67.3. The molecule has 0 atom stereocenters. The van der Waals surface area contributed by atoms with Crippen LogP contribution >= 0.6 is 0 Å². The van der Waals surface area contributed by atoms with Gasteiger partial charge in [0.2, 0.25) is 0 Å². The average molecular weight is 1600 g/mol. The van der Waals surface area contributed by atoms with Crippen LogP contribution in [0.1, 0.15) is 174 Å². The molecule has 1 fully saturated rings. The molecule has 0 N–H and O–H groups in total. The van der Waals surface area contributed by atoms with Crippen LogP contribution in [-0.4, -0.2) is 70.8 Å². The number of hydrogen-bond donors (Lipinski definition) is 0. The number of nitrogens with zero attached hydrogens (tertiary/aromatic N) is 4. The van der Waals surface area contributed by atoms with Crippen LogP contribution in [0.5, 0.6) is 11.5 Å². The summed E-state index contributed by atoms with van der Waals surface area (Å²) < 4.78 is 229. The van der Waals surface area contributed by atoms with Gasteiger partial charge in [-0.05, 0) is 142 Å². The van der Waals surface area contributed by atoms with Crippen molar-refractivity contribution in [2.45, 2.75) is 167 Å². The van der Waals surface area contributed by atoms with Gasteiger partial charge in [0.15, 0.2) is 0 Å². The zero-order valence-electron chi connectivity index (χ0n) is 66.8. The predicted octanol–water partition coefficient (Wildman–Crippen LogP) is 25.7. The number of fused-ring (bicyclic) bond motifs is 3. The maximum Gasteiger partial charge on any atom is 0.743 e. The van der Waals surface area contributed by atoms with E-state index in [1.165, 1.54) is 37.3 Å². The van der Waals surface area contributed by atoms with Gasteiger partial charge in [-0.1, -0.05) is 274 Å². The van der Waals surface area contributed by atoms with Crippen LogP contribution in [0.3, 0.4) is 0 Å². The predicted molar refractivity (Wildman–Crippen MR) is 437 cm³/mol. The Balaban J connectivity index is 0.830. The average Bonchev–Trinajstić information content (AvgIpc) is 1.52. The van der Waals surface area contributed by atoms with Crippen molar-refractivity contribution in [3.8, 4) is 56.3 Å². The molecule has 117 heavy (non-hydrogen) atoms. The molecule has 8 nitrogen and oxygen atoms in total. The highest BCUT2D eigenvalue weighted by Gasteiger charge is 2.99. The Labute approximate surface area is 671 Å². The van der Waals surface area contributed by atoms with Gasteiger partial charge < -0.3 is 27.6 Å². The Morgan fingerprint density at radius 1 is 0.350 bits per heavy atom. The van der Waals surface area contributed by atoms with Gasteiger partial charge in [0.25, 0.3) is 11.2 Å². The molecule has 0 bridgehead atoms. The van der Waals surface area contributed by atoms with Crippen LogP contribution in [0, 0.1) is 19.7 Å². The summed E-state index contributed by atoms with van der Waals surface area (Å²) in [7, 11) is -4.88. The van der Waals surface area contributed by atoms with Crippen molar-refractivity contribution in [1.29, 1.82) is 0 Å². The van der Waals surface area contributed by atoms with Gasteiger partial charge in [0.1, 0.15) is 17.3 Å². The number of benzene rings is 9. The van der Waals surface area contributed by atoms with Crippen molar-refractivity contribution in [2.24, 2.45) is 9.98 Å². The Kier molecular flexibility index (Phi) is 20.0. The lowest BCUT2D eigenvalue weighted by molar-refractivity contribution is -0.464. The van der Waals surface area contributed by atoms with Gasteiger partial charge in [-0.3, -0.25) is 0 Å². The van der Waals surface area contributed by atoms with Crippen molar-refractivity contribution >= 4 is 48.5 Å². The van der Waals surface area contributed by atoms with Crippen LogP contribution in [0.15, 0.2) is 234 Å². The third kappa shape index (κ3) is 14.0. The Morgan fingerprint density at radius 3 is 1.02 bits per heavy atom. The minimum Gasteiger partial charge on any atom is -0.503 e. The number of allylic oxidation sites excluding steroid dienone is 2. The molecule has 1 saturated heterocycles. The quantitative estimate of drug-likeness (QED) is 0.0757. The fraction of sp³-hybridized carbons (Fsp3) is 0.277. The van der Waals surface area contributed by atoms with Crippen LogP contribution in [0.2, 0.25) is 0 Å². The zero-order valence-corrected chi connectivity index (χ0v) is 66.8. The molecule has 4 aliphatic heterocycles. The fourth-order valence-electron chi connectivity index (χ4n) is 16.5. The maximum absolute atomic E-state index is 15.7. The van der Waals surface area contributed by atoms with E-state index in [0.717, 1.165) is 89.6 Å². The van der Waals surface area contributed by atoms with Gasteiger partial charge in [0, 0.05) is 73.3 Å². The van der Waals surface area contributed by atoms with E-state index in [2.05, 4.69) is 135 Å². The van der Waals surface area contributed by atoms with Crippen LogP contribution < -0.4 is 9.31 Å². The fourth-order valence-corrected chi connectivity index (χ4v) is 16.5. The molecule has 4 aliphatic rings. The van der Waals surface area contributed by atoms with E-state index < -0.39 is 83.9 Å². The second-order valence-electron chi connectivity index (χ2n) is 34.1. The summed E-state index contributed by atoms with van der Waals surface area (Å²) in [6.45, 7) is 27.7. The first-order chi connectivity index (χ1) is 54.8. The molecule has 6 heterocycles. The zero-order chi connectivity index (χ0) is 84.0. The van der Waals surface area contributed by atoms with E-state index >= 15 is 57.1 Å². The highest BCUT2D eigenvalue weighted by atomic mass is 19.4. The van der Waals surface area contributed by atoms with Crippen LogP contribution in [-0.2, 0) is 31.0 Å². The van der Waals surface area contributed by atoms with Crippen molar-refractivity contribution in [3.05, 3.63) is 308 Å². The number of hydrogen-bond acceptors (Lipinski definition) is 6. The topological polar surface area (TPSA) is 71.5 Å². The molecule has 0 spiro atoms. The van der Waals surface area contributed by atoms with Crippen molar-refractivity contribution < 1.29 is 75.7 Å². The molecule has 23 heteroatoms. The minimum atomic E-state index is -7.49. The lowest BCUT2D eigenvalue weighted by Crippen LogP contribution is -2.79. The molecule has 0 amide bonds. The van der Waals surface area contributed by atoms with Crippen molar-refractivity contribution in [2.75, 3.05) is 0 Å². The SMILES string of the molecule is C/C(=C1/N=C(c2ccc(C)cc2)c2ccccc21)c1c(-c2ccc(C(C)(C)CCC(C)(C)c3ccc(-c4cc(-c5ccc(C(C)(C)C)cc5)c(/C(C)=C5\N=C(c6ccc(C)cc6)c6ccccc65)n4B4OC(C(F)(F)F)(C(F)(F)F)C(C(F)(F)F)(C(F)(F)F)O4)cc3)cc2)cc(-c2ccc(C(C)(C)C)cc2)n1B1Oc2ccc(F)cc2O1. The molecule has 9 aromatic carbocycles. The van der Waals surface area contributed by atoms with Gasteiger partial charge in [-0.25, -0.2) is 14.4 Å². The molecule has 0 unspecified atom stereocenters. The van der Waals surface area contributed by atoms with E-state index in [1.807, 2.05) is 84.1 Å². The maximum atomic E-state index is 15.7. The molecule has 0 aliphatic carbocycles. The number of aromatic nitrogens is 2. The lowest BCUT2D eigenvalue weighted by atomic mass is 9.72. The van der Waals surface area contributed by atoms with Crippen molar-refractivity contribution in [1.82, 2.24) is 8.96 Å². The van der Waals surface area contributed by atoms with Gasteiger partial charge in [0.05, 0.1) is 22.8 Å². The number of aliphatic imine (C=N–C) groups is 2. The first kappa shape index (κ1) is 81.3. The van der Waals surface area contributed by atoms with Crippen LogP contribution in [0.25, 0.3) is 67.3 Å². The second kappa shape index (κ2) is 28.7. The van der Waals surface area contributed by atoms with Crippen molar-refractivity contribution in [3.63, 3.8) is 0 Å². The highest BCUT2D eigenvalue weighted by Crippen LogP contribution is 2.67. The van der Waals surface area contributed by atoms with Gasteiger partial charge in [-0.15, -0.1) is 0 Å². The van der Waals surface area contributed by atoms with E-state index in [4.69, 9.17) is 19.3 Å². The number of rotatable bonds is 15. The highest BCUT2D eigenvalue weighted by molar-refractivity contribution is 6.48. The molecule has 15 rings (SSSR count). The minimum absolute atomic E-state index is 0.0382. The Morgan fingerprint density at radius 2 is 0.667 bits per heavy atom. The van der Waals surface area contributed by atoms with E-state index in [1.54, 1.807) is 78.9 Å². The monoisotopic (exact) mass is 1600 g/mol. The molecular weight excluding hydrogens is 1520 g/mol. The summed E-state index contributed by atoms with van der Waals surface area (Å²) in [5.41, 5.74) is -0.600. The third-order valence-electron chi connectivity index (χ3n) is 23.3. The molecule has 0 radical (unpaired) electrons. The number of halogens is 13. The third-order valence-corrected chi connectivity index (χ3v) is 23.3. The summed E-state index contributed by atoms with van der Waals surface area (Å²) in [5, 5.41) is 0. The summed E-state index contributed by atoms with van der Waals surface area (Å²) >= 11 is 0. The van der Waals surface area contributed by atoms with Crippen LogP contribution in [0.4, 0.5) is 57.1 Å². The number of alkyl halides is 12. The number of aryl methyl sites for hydroxylation is 2. The molecule has 2 aromatic heterocycles. The molecular formula is C94H83B2F13N4O4. The van der Waals surface area contributed by atoms with E-state index in [-0.39, 0.29) is 39.1 Å². The Hall–Kier alpha value is -10.9. The summed E-state index contributed by atoms with van der Waals surface area (Å²) in [5.74, 6) is 0.0993. The first-order valence-corrected chi connectivity index (χ1v) is 38.5. The van der Waals surface area contributed by atoms with E-state index in [9.17, 15) is 0 Å². The summed E-state index contributed by atoms with van der Waals surface area (Å²) in [4.78, 5) is 10.5. The smallest absolute Gasteiger partial charge is 0.503 e. The largest absolute Gasteiger partial charge is 0.743 e.